The van der Waals surface area contributed by atoms with Gasteiger partial charge in [-0.3, -0.25) is 14.7 Å². The van der Waals surface area contributed by atoms with E-state index in [2.05, 4.69) is 43.0 Å². The molecule has 0 fully saturated rings. The van der Waals surface area contributed by atoms with E-state index in [1.54, 1.807) is 13.8 Å². The van der Waals surface area contributed by atoms with Crippen LogP contribution in [0.5, 0.6) is 0 Å². The normalized spacial score (nSPS) is 11.2. The third-order valence-corrected chi connectivity index (χ3v) is 4.81. The monoisotopic (exact) mass is 367 g/mol. The van der Waals surface area contributed by atoms with Crippen molar-refractivity contribution in [2.45, 2.75) is 48.0 Å². The summed E-state index contributed by atoms with van der Waals surface area (Å²) in [6, 6.07) is 4.26. The van der Waals surface area contributed by atoms with E-state index in [4.69, 9.17) is 4.74 Å². The molecule has 0 aliphatic heterocycles. The number of esters is 1. The fourth-order valence-electron chi connectivity index (χ4n) is 3.76. The molecule has 0 amide bonds. The van der Waals surface area contributed by atoms with Crippen molar-refractivity contribution in [2.24, 2.45) is 0 Å². The highest BCUT2D eigenvalue weighted by molar-refractivity contribution is 5.84. The van der Waals surface area contributed by atoms with Crippen LogP contribution in [0.4, 0.5) is 0 Å². The summed E-state index contributed by atoms with van der Waals surface area (Å²) in [5.41, 5.74) is 7.58. The van der Waals surface area contributed by atoms with Crippen LogP contribution in [0.3, 0.4) is 0 Å². The Balaban J connectivity index is 2.26. The number of rotatable bonds is 4. The number of fused-ring (bicyclic) bond motifs is 1. The average Bonchev–Trinajstić information content (AvgIpc) is 2.88. The number of aromatic amines is 1. The maximum atomic E-state index is 13.0. The van der Waals surface area contributed by atoms with Gasteiger partial charge in [-0.2, -0.15) is 0 Å². The number of aryl methyl sites for hydroxylation is 5. The molecule has 6 nitrogen and oxygen atoms in total. The van der Waals surface area contributed by atoms with Gasteiger partial charge < -0.3 is 4.74 Å². The zero-order valence-corrected chi connectivity index (χ0v) is 16.7. The summed E-state index contributed by atoms with van der Waals surface area (Å²) in [5, 5.41) is 3.13. The van der Waals surface area contributed by atoms with Crippen LogP contribution in [0.1, 0.15) is 40.6 Å². The Hall–Kier alpha value is -2.89. The Kier molecular flexibility index (Phi) is 4.91. The molecule has 27 heavy (non-hydrogen) atoms. The number of nitrogens with zero attached hydrogens (tertiary/aromatic N) is 2. The zero-order valence-electron chi connectivity index (χ0n) is 16.7. The summed E-state index contributed by atoms with van der Waals surface area (Å²) in [7, 11) is 0. The summed E-state index contributed by atoms with van der Waals surface area (Å²) in [6.07, 6.45) is -0.0789. The molecule has 0 atom stereocenters. The Morgan fingerprint density at radius 2 is 1.74 bits per heavy atom. The number of benzene rings is 1. The Labute approximate surface area is 158 Å². The Morgan fingerprint density at radius 3 is 2.33 bits per heavy atom. The lowest BCUT2D eigenvalue weighted by Gasteiger charge is -2.12. The molecule has 0 aliphatic carbocycles. The van der Waals surface area contributed by atoms with Gasteiger partial charge in [0.05, 0.1) is 18.6 Å². The highest BCUT2D eigenvalue weighted by Gasteiger charge is 2.21. The molecule has 142 valence electrons. The van der Waals surface area contributed by atoms with Crippen molar-refractivity contribution in [2.75, 3.05) is 6.61 Å². The first kappa shape index (κ1) is 18.9. The predicted octanol–water partition coefficient (Wildman–Crippen LogP) is 3.34. The van der Waals surface area contributed by atoms with E-state index < -0.39 is 5.97 Å². The second kappa shape index (κ2) is 7.02. The fourth-order valence-corrected chi connectivity index (χ4v) is 3.76. The minimum atomic E-state index is -0.423. The van der Waals surface area contributed by atoms with Crippen LogP contribution in [0.15, 0.2) is 16.9 Å². The van der Waals surface area contributed by atoms with Crippen molar-refractivity contribution in [3.63, 3.8) is 0 Å². The maximum Gasteiger partial charge on any atom is 0.310 e. The van der Waals surface area contributed by atoms with Gasteiger partial charge in [-0.15, -0.1) is 0 Å². The highest BCUT2D eigenvalue weighted by Crippen LogP contribution is 2.33. The van der Waals surface area contributed by atoms with Gasteiger partial charge in [-0.1, -0.05) is 17.7 Å². The van der Waals surface area contributed by atoms with Gasteiger partial charge in [0.2, 0.25) is 0 Å². The maximum absolute atomic E-state index is 13.0. The van der Waals surface area contributed by atoms with E-state index in [0.717, 1.165) is 27.9 Å². The van der Waals surface area contributed by atoms with Crippen LogP contribution in [0, 0.1) is 34.6 Å². The first-order valence-corrected chi connectivity index (χ1v) is 9.09. The van der Waals surface area contributed by atoms with E-state index in [0.29, 0.717) is 16.9 Å². The van der Waals surface area contributed by atoms with Gasteiger partial charge in [0, 0.05) is 17.0 Å². The number of carbonyl (C=O) groups is 1. The van der Waals surface area contributed by atoms with E-state index >= 15 is 0 Å². The lowest BCUT2D eigenvalue weighted by Crippen LogP contribution is -2.24. The molecule has 6 heteroatoms. The van der Waals surface area contributed by atoms with Crippen LogP contribution in [0.2, 0.25) is 0 Å². The quantitative estimate of drug-likeness (QED) is 0.718. The van der Waals surface area contributed by atoms with E-state index in [1.165, 1.54) is 10.1 Å². The number of carbonyl (C=O) groups excluding carboxylic acids is 1. The van der Waals surface area contributed by atoms with Crippen LogP contribution >= 0.6 is 0 Å². The standard InChI is InChI=1S/C21H25N3O3/c1-7-27-17(25)10-16-14(5)22-20-19(15(6)23-24(20)21(16)26)18-12(3)8-11(2)9-13(18)4/h8-9,23H,7,10H2,1-6H3. The molecular weight excluding hydrogens is 342 g/mol. The van der Waals surface area contributed by atoms with Crippen molar-refractivity contribution in [1.82, 2.24) is 14.6 Å². The van der Waals surface area contributed by atoms with Crippen LogP contribution in [-0.4, -0.2) is 27.2 Å². The SMILES string of the molecule is CCOC(=O)Cc1c(C)nc2c(-c3c(C)cc(C)cc3C)c(C)[nH]n2c1=O. The second-order valence-electron chi connectivity index (χ2n) is 7.01. The summed E-state index contributed by atoms with van der Waals surface area (Å²) < 4.78 is 6.42. The van der Waals surface area contributed by atoms with E-state index in [-0.39, 0.29) is 18.6 Å². The van der Waals surface area contributed by atoms with Gasteiger partial charge >= 0.3 is 5.97 Å². The molecule has 0 spiro atoms. The molecular formula is C21H25N3O3. The third-order valence-electron chi connectivity index (χ3n) is 4.81. The molecule has 0 unspecified atom stereocenters. The number of aromatic nitrogens is 3. The largest absolute Gasteiger partial charge is 0.466 e. The molecule has 0 saturated heterocycles. The third kappa shape index (κ3) is 3.27. The minimum Gasteiger partial charge on any atom is -0.466 e. The summed E-state index contributed by atoms with van der Waals surface area (Å²) >= 11 is 0. The molecule has 0 aliphatic rings. The van der Waals surface area contributed by atoms with Gasteiger partial charge in [-0.25, -0.2) is 9.50 Å². The molecule has 0 bridgehead atoms. The molecule has 0 saturated carbocycles. The predicted molar refractivity (Wildman–Crippen MR) is 105 cm³/mol. The van der Waals surface area contributed by atoms with E-state index in [1.807, 2.05) is 6.92 Å². The number of H-pyrrole nitrogens is 1. The number of nitrogens with one attached hydrogen (secondary N) is 1. The van der Waals surface area contributed by atoms with Crippen molar-refractivity contribution in [3.8, 4) is 11.1 Å². The number of hydrogen-bond donors (Lipinski definition) is 1. The first-order valence-electron chi connectivity index (χ1n) is 9.09. The molecule has 3 rings (SSSR count). The molecule has 2 aromatic heterocycles. The lowest BCUT2D eigenvalue weighted by atomic mass is 9.94. The molecule has 1 aromatic carbocycles. The first-order chi connectivity index (χ1) is 12.7. The summed E-state index contributed by atoms with van der Waals surface area (Å²) in [6.45, 7) is 11.9. The van der Waals surface area contributed by atoms with E-state index in [9.17, 15) is 9.59 Å². The average molecular weight is 367 g/mol. The number of ether oxygens (including phenoxy) is 1. The van der Waals surface area contributed by atoms with Crippen molar-refractivity contribution < 1.29 is 9.53 Å². The minimum absolute atomic E-state index is 0.0789. The molecule has 2 heterocycles. The van der Waals surface area contributed by atoms with Gasteiger partial charge in [0.15, 0.2) is 5.65 Å². The van der Waals surface area contributed by atoms with Crippen LogP contribution < -0.4 is 5.56 Å². The van der Waals surface area contributed by atoms with Crippen molar-refractivity contribution in [1.29, 1.82) is 0 Å². The summed E-state index contributed by atoms with van der Waals surface area (Å²) in [4.78, 5) is 29.5. The lowest BCUT2D eigenvalue weighted by molar-refractivity contribution is -0.142. The topological polar surface area (TPSA) is 76.5 Å². The molecule has 3 aromatic rings. The smallest absolute Gasteiger partial charge is 0.310 e. The van der Waals surface area contributed by atoms with Crippen molar-refractivity contribution >= 4 is 11.6 Å². The molecule has 0 radical (unpaired) electrons. The van der Waals surface area contributed by atoms with Gasteiger partial charge in [0.25, 0.3) is 5.56 Å². The van der Waals surface area contributed by atoms with Gasteiger partial charge in [0.1, 0.15) is 0 Å². The van der Waals surface area contributed by atoms with Crippen LogP contribution in [-0.2, 0) is 16.0 Å². The Bertz CT molecular complexity index is 1080. The van der Waals surface area contributed by atoms with Gasteiger partial charge in [-0.05, 0) is 58.2 Å². The van der Waals surface area contributed by atoms with Crippen molar-refractivity contribution in [3.05, 3.63) is 56.1 Å². The highest BCUT2D eigenvalue weighted by atomic mass is 16.5. The second-order valence-corrected chi connectivity index (χ2v) is 7.01. The zero-order chi connectivity index (χ0) is 19.9. The Morgan fingerprint density at radius 1 is 1.11 bits per heavy atom. The summed E-state index contributed by atoms with van der Waals surface area (Å²) in [5.74, 6) is -0.423. The number of hydrogen-bond acceptors (Lipinski definition) is 4. The molecule has 1 N–H and O–H groups in total. The fraction of sp³-hybridized carbons (Fsp3) is 0.381. The van der Waals surface area contributed by atoms with Crippen LogP contribution in [0.25, 0.3) is 16.8 Å².